The maximum atomic E-state index is 9.05. The summed E-state index contributed by atoms with van der Waals surface area (Å²) in [5.41, 5.74) is 4.04. The second-order valence-corrected chi connectivity index (χ2v) is 4.22. The predicted molar refractivity (Wildman–Crippen MR) is 75.4 cm³/mol. The molecule has 0 N–H and O–H groups in total. The largest absolute Gasteiger partial charge is 0.264 e. The number of pyridine rings is 3. The van der Waals surface area contributed by atoms with Crippen molar-refractivity contribution >= 4 is 0 Å². The molecule has 3 heterocycles. The molecule has 0 aliphatic rings. The second-order valence-electron chi connectivity index (χ2n) is 4.22. The zero-order valence-electron chi connectivity index (χ0n) is 10.6. The lowest BCUT2D eigenvalue weighted by Crippen LogP contribution is -1.92. The molecule has 3 aromatic rings. The first kappa shape index (κ1) is 12.0. The molecule has 0 fully saturated rings. The minimum absolute atomic E-state index is 0.525. The molecule has 4 nitrogen and oxygen atoms in total. The topological polar surface area (TPSA) is 62.5 Å². The zero-order chi connectivity index (χ0) is 13.8. The van der Waals surface area contributed by atoms with Gasteiger partial charge in [0.25, 0.3) is 0 Å². The van der Waals surface area contributed by atoms with Crippen LogP contribution in [0.5, 0.6) is 0 Å². The second kappa shape index (κ2) is 5.29. The van der Waals surface area contributed by atoms with E-state index in [1.54, 1.807) is 31.0 Å². The van der Waals surface area contributed by atoms with Crippen molar-refractivity contribution < 1.29 is 0 Å². The molecule has 0 radical (unpaired) electrons. The smallest absolute Gasteiger partial charge is 0.101 e. The summed E-state index contributed by atoms with van der Waals surface area (Å²) >= 11 is 0. The van der Waals surface area contributed by atoms with Gasteiger partial charge in [-0.15, -0.1) is 0 Å². The Morgan fingerprint density at radius 2 is 1.60 bits per heavy atom. The molecule has 0 aliphatic carbocycles. The molecule has 4 heteroatoms. The van der Waals surface area contributed by atoms with Gasteiger partial charge < -0.3 is 0 Å². The van der Waals surface area contributed by atoms with Gasteiger partial charge in [-0.2, -0.15) is 5.26 Å². The quantitative estimate of drug-likeness (QED) is 0.708. The highest BCUT2D eigenvalue weighted by atomic mass is 14.7. The first-order valence-corrected chi connectivity index (χ1v) is 6.09. The van der Waals surface area contributed by atoms with E-state index in [0.717, 1.165) is 22.4 Å². The summed E-state index contributed by atoms with van der Waals surface area (Å²) in [4.78, 5) is 12.6. The van der Waals surface area contributed by atoms with Crippen molar-refractivity contribution in [3.8, 4) is 28.5 Å². The fourth-order valence-electron chi connectivity index (χ4n) is 2.00. The number of nitrogens with zero attached hydrogens (tertiary/aromatic N) is 4. The van der Waals surface area contributed by atoms with Gasteiger partial charge in [-0.1, -0.05) is 6.07 Å². The molecule has 0 amide bonds. The van der Waals surface area contributed by atoms with Gasteiger partial charge in [-0.05, 0) is 24.3 Å². The number of hydrogen-bond donors (Lipinski definition) is 0. The summed E-state index contributed by atoms with van der Waals surface area (Å²) in [5.74, 6) is 0. The Hall–Kier alpha value is -3.06. The Labute approximate surface area is 116 Å². The van der Waals surface area contributed by atoms with Crippen LogP contribution in [0.3, 0.4) is 0 Å². The van der Waals surface area contributed by atoms with Crippen molar-refractivity contribution in [1.29, 1.82) is 5.26 Å². The first-order chi connectivity index (χ1) is 9.88. The van der Waals surface area contributed by atoms with Crippen LogP contribution >= 0.6 is 0 Å². The van der Waals surface area contributed by atoms with Crippen molar-refractivity contribution in [2.45, 2.75) is 0 Å². The number of rotatable bonds is 2. The summed E-state index contributed by atoms with van der Waals surface area (Å²) in [6, 6.07) is 11.6. The van der Waals surface area contributed by atoms with Gasteiger partial charge in [0.2, 0.25) is 0 Å². The molecular formula is C16H10N4. The molecule has 0 aromatic carbocycles. The molecule has 0 unspecified atom stereocenters. The maximum absolute atomic E-state index is 9.05. The van der Waals surface area contributed by atoms with Crippen LogP contribution < -0.4 is 0 Å². The Bertz CT molecular complexity index is 761. The number of aromatic nitrogens is 3. The SMILES string of the molecule is N#Cc1cnc(-c2cccnc2)c(-c2cccnc2)c1. The Balaban J connectivity index is 2.23. The highest BCUT2D eigenvalue weighted by Crippen LogP contribution is 2.29. The molecule has 0 bridgehead atoms. The summed E-state index contributed by atoms with van der Waals surface area (Å²) in [5, 5.41) is 9.05. The van der Waals surface area contributed by atoms with E-state index in [4.69, 9.17) is 5.26 Å². The number of nitriles is 1. The average molecular weight is 258 g/mol. The van der Waals surface area contributed by atoms with Crippen LogP contribution in [0, 0.1) is 11.3 Å². The summed E-state index contributed by atoms with van der Waals surface area (Å²) < 4.78 is 0. The lowest BCUT2D eigenvalue weighted by Gasteiger charge is -2.08. The van der Waals surface area contributed by atoms with Gasteiger partial charge >= 0.3 is 0 Å². The van der Waals surface area contributed by atoms with Crippen LogP contribution in [-0.4, -0.2) is 15.0 Å². The third-order valence-electron chi connectivity index (χ3n) is 2.92. The van der Waals surface area contributed by atoms with E-state index in [-0.39, 0.29) is 0 Å². The molecule has 0 spiro atoms. The standard InChI is InChI=1S/C16H10N4/c17-8-12-7-15(13-3-1-5-18-10-13)16(20-9-12)14-4-2-6-19-11-14/h1-7,9-11H. The van der Waals surface area contributed by atoms with Gasteiger partial charge in [0.05, 0.1) is 11.3 Å². The number of hydrogen-bond acceptors (Lipinski definition) is 4. The zero-order valence-corrected chi connectivity index (χ0v) is 10.6. The van der Waals surface area contributed by atoms with E-state index in [9.17, 15) is 0 Å². The highest BCUT2D eigenvalue weighted by molar-refractivity contribution is 5.80. The summed E-state index contributed by atoms with van der Waals surface area (Å²) in [6.45, 7) is 0. The lowest BCUT2D eigenvalue weighted by molar-refractivity contribution is 1.26. The molecule has 20 heavy (non-hydrogen) atoms. The van der Waals surface area contributed by atoms with Crippen LogP contribution in [0.15, 0.2) is 61.3 Å². The van der Waals surface area contributed by atoms with E-state index in [2.05, 4.69) is 21.0 Å². The molecule has 0 saturated carbocycles. The molecule has 0 atom stereocenters. The van der Waals surface area contributed by atoms with Gasteiger partial charge in [0, 0.05) is 47.7 Å². The maximum Gasteiger partial charge on any atom is 0.101 e. The van der Waals surface area contributed by atoms with Gasteiger partial charge in [0.15, 0.2) is 0 Å². The van der Waals surface area contributed by atoms with Crippen LogP contribution in [0.25, 0.3) is 22.4 Å². The molecule has 3 rings (SSSR count). The fourth-order valence-corrected chi connectivity index (χ4v) is 2.00. The van der Waals surface area contributed by atoms with E-state index >= 15 is 0 Å². The third kappa shape index (κ3) is 2.25. The van der Waals surface area contributed by atoms with Crippen molar-refractivity contribution in [3.63, 3.8) is 0 Å². The van der Waals surface area contributed by atoms with Gasteiger partial charge in [-0.25, -0.2) is 0 Å². The Kier molecular flexibility index (Phi) is 3.17. The Morgan fingerprint density at radius 1 is 0.900 bits per heavy atom. The highest BCUT2D eigenvalue weighted by Gasteiger charge is 2.10. The van der Waals surface area contributed by atoms with Gasteiger partial charge in [0.1, 0.15) is 6.07 Å². The monoisotopic (exact) mass is 258 g/mol. The summed E-state index contributed by atoms with van der Waals surface area (Å²) in [7, 11) is 0. The van der Waals surface area contributed by atoms with Crippen molar-refractivity contribution in [1.82, 2.24) is 15.0 Å². The van der Waals surface area contributed by atoms with Crippen molar-refractivity contribution in [2.75, 3.05) is 0 Å². The molecule has 0 saturated heterocycles. The minimum Gasteiger partial charge on any atom is -0.264 e. The van der Waals surface area contributed by atoms with Crippen LogP contribution in [-0.2, 0) is 0 Å². The Morgan fingerprint density at radius 3 is 2.20 bits per heavy atom. The minimum atomic E-state index is 0.525. The fraction of sp³-hybridized carbons (Fsp3) is 0. The van der Waals surface area contributed by atoms with Crippen molar-refractivity contribution in [2.24, 2.45) is 0 Å². The van der Waals surface area contributed by atoms with Crippen LogP contribution in [0.4, 0.5) is 0 Å². The van der Waals surface area contributed by atoms with E-state index < -0.39 is 0 Å². The lowest BCUT2D eigenvalue weighted by atomic mass is 10.0. The van der Waals surface area contributed by atoms with Crippen LogP contribution in [0.2, 0.25) is 0 Å². The van der Waals surface area contributed by atoms with E-state index in [1.165, 1.54) is 0 Å². The van der Waals surface area contributed by atoms with Crippen LogP contribution in [0.1, 0.15) is 5.56 Å². The normalized spacial score (nSPS) is 9.95. The molecule has 0 aliphatic heterocycles. The molecular weight excluding hydrogens is 248 g/mol. The van der Waals surface area contributed by atoms with Crippen molar-refractivity contribution in [3.05, 3.63) is 66.9 Å². The average Bonchev–Trinajstić information content (AvgIpc) is 2.56. The molecule has 3 aromatic heterocycles. The van der Waals surface area contributed by atoms with E-state index in [0.29, 0.717) is 5.56 Å². The predicted octanol–water partition coefficient (Wildman–Crippen LogP) is 3.08. The van der Waals surface area contributed by atoms with Gasteiger partial charge in [-0.3, -0.25) is 15.0 Å². The third-order valence-corrected chi connectivity index (χ3v) is 2.92. The van der Waals surface area contributed by atoms with E-state index in [1.807, 2.05) is 30.3 Å². The first-order valence-electron chi connectivity index (χ1n) is 6.09. The summed E-state index contributed by atoms with van der Waals surface area (Å²) in [6.07, 6.45) is 8.53. The molecule has 94 valence electrons.